The topological polar surface area (TPSA) is 43.6 Å². The minimum Gasteiger partial charge on any atom is -0.309 e. The fraction of sp³-hybridized carbons (Fsp3) is 0.583. The van der Waals surface area contributed by atoms with Crippen molar-refractivity contribution in [2.45, 2.75) is 46.1 Å². The average molecular weight is 248 g/mol. The van der Waals surface area contributed by atoms with Crippen molar-refractivity contribution in [2.75, 3.05) is 0 Å². The minimum atomic E-state index is 0.519. The highest BCUT2D eigenvalue weighted by Crippen LogP contribution is 2.31. The second-order valence-corrected chi connectivity index (χ2v) is 6.12. The van der Waals surface area contributed by atoms with Crippen LogP contribution in [0.1, 0.15) is 41.4 Å². The number of hydrogen-bond acceptors (Lipinski definition) is 4. The molecule has 0 amide bonds. The molecule has 17 heavy (non-hydrogen) atoms. The number of nitrogens with zero attached hydrogens (tertiary/aromatic N) is 4. The number of aromatic nitrogens is 4. The first-order chi connectivity index (χ1) is 8.16. The molecular formula is C12H16N4S. The van der Waals surface area contributed by atoms with Gasteiger partial charge in [0.05, 0.1) is 5.01 Å². The highest BCUT2D eigenvalue weighted by molar-refractivity contribution is 7.11. The predicted molar refractivity (Wildman–Crippen MR) is 68.3 cm³/mol. The summed E-state index contributed by atoms with van der Waals surface area (Å²) in [7, 11) is 0. The van der Waals surface area contributed by atoms with Gasteiger partial charge in [0.2, 0.25) is 0 Å². The molecule has 0 spiro atoms. The third-order valence-electron chi connectivity index (χ3n) is 3.35. The van der Waals surface area contributed by atoms with Crippen molar-refractivity contribution in [2.24, 2.45) is 0 Å². The Kier molecular flexibility index (Phi) is 2.50. The van der Waals surface area contributed by atoms with Gasteiger partial charge in [0.1, 0.15) is 11.5 Å². The monoisotopic (exact) mass is 248 g/mol. The molecule has 1 aliphatic rings. The third kappa shape index (κ3) is 1.69. The summed E-state index contributed by atoms with van der Waals surface area (Å²) < 4.78 is 2.25. The molecule has 0 saturated carbocycles. The number of hydrogen-bond donors (Lipinski definition) is 0. The van der Waals surface area contributed by atoms with Gasteiger partial charge >= 0.3 is 0 Å². The fourth-order valence-corrected chi connectivity index (χ4v) is 3.31. The van der Waals surface area contributed by atoms with E-state index in [1.54, 1.807) is 11.3 Å². The van der Waals surface area contributed by atoms with E-state index in [1.165, 1.54) is 17.7 Å². The van der Waals surface area contributed by atoms with E-state index in [0.29, 0.717) is 5.92 Å². The van der Waals surface area contributed by atoms with Gasteiger partial charge in [-0.25, -0.2) is 4.98 Å². The lowest BCUT2D eigenvalue weighted by Crippen LogP contribution is -2.15. The Hall–Kier alpha value is -1.23. The number of thiazole rings is 1. The largest absolute Gasteiger partial charge is 0.309 e. The predicted octanol–water partition coefficient (Wildman–Crippen LogP) is 2.92. The number of rotatable bonds is 1. The molecule has 2 aromatic rings. The highest BCUT2D eigenvalue weighted by atomic mass is 32.1. The molecule has 3 rings (SSSR count). The summed E-state index contributed by atoms with van der Waals surface area (Å²) in [5.74, 6) is 2.59. The minimum absolute atomic E-state index is 0.519. The van der Waals surface area contributed by atoms with Crippen molar-refractivity contribution in [1.29, 1.82) is 0 Å². The molecule has 0 aromatic carbocycles. The molecule has 0 radical (unpaired) electrons. The summed E-state index contributed by atoms with van der Waals surface area (Å²) in [6.45, 7) is 7.39. The molecule has 0 bridgehead atoms. The lowest BCUT2D eigenvalue weighted by molar-refractivity contribution is 0.466. The third-order valence-corrected chi connectivity index (χ3v) is 4.24. The summed E-state index contributed by atoms with van der Waals surface area (Å²) in [5, 5.41) is 9.79. The Bertz CT molecular complexity index is 555. The highest BCUT2D eigenvalue weighted by Gasteiger charge is 2.24. The first-order valence-corrected chi connectivity index (χ1v) is 6.86. The van der Waals surface area contributed by atoms with Crippen LogP contribution in [-0.4, -0.2) is 19.7 Å². The molecule has 5 heteroatoms. The van der Waals surface area contributed by atoms with E-state index in [1.807, 2.05) is 6.92 Å². The Morgan fingerprint density at radius 3 is 2.82 bits per heavy atom. The van der Waals surface area contributed by atoms with Crippen molar-refractivity contribution < 1.29 is 0 Å². The molecule has 0 unspecified atom stereocenters. The van der Waals surface area contributed by atoms with Gasteiger partial charge in [0.25, 0.3) is 0 Å². The fourth-order valence-electron chi connectivity index (χ4n) is 2.50. The molecule has 0 saturated heterocycles. The van der Waals surface area contributed by atoms with Crippen LogP contribution in [0.15, 0.2) is 0 Å². The van der Waals surface area contributed by atoms with Gasteiger partial charge < -0.3 is 4.57 Å². The molecule has 0 fully saturated rings. The van der Waals surface area contributed by atoms with Crippen molar-refractivity contribution in [3.8, 4) is 11.5 Å². The summed E-state index contributed by atoms with van der Waals surface area (Å²) in [4.78, 5) is 5.81. The SMILES string of the molecule is Cc1nc(-c2nnc3n2CCC[C@H]3C)c(C)s1. The standard InChI is InChI=1S/C12H16N4S/c1-7-5-4-6-16-11(7)14-15-12(16)10-8(2)17-9(3)13-10/h7H,4-6H2,1-3H3/t7-/m1/s1. The first-order valence-electron chi connectivity index (χ1n) is 6.04. The van der Waals surface area contributed by atoms with Crippen molar-refractivity contribution >= 4 is 11.3 Å². The normalized spacial score (nSPS) is 19.4. The lowest BCUT2D eigenvalue weighted by atomic mass is 10.0. The van der Waals surface area contributed by atoms with Gasteiger partial charge in [-0.15, -0.1) is 21.5 Å². The molecule has 4 nitrogen and oxygen atoms in total. The zero-order valence-corrected chi connectivity index (χ0v) is 11.2. The van der Waals surface area contributed by atoms with E-state index in [4.69, 9.17) is 0 Å². The summed E-state index contributed by atoms with van der Waals surface area (Å²) in [6, 6.07) is 0. The van der Waals surface area contributed by atoms with Crippen LogP contribution >= 0.6 is 11.3 Å². The zero-order chi connectivity index (χ0) is 12.0. The number of fused-ring (bicyclic) bond motifs is 1. The van der Waals surface area contributed by atoms with Gasteiger partial charge in [-0.1, -0.05) is 6.92 Å². The van der Waals surface area contributed by atoms with E-state index in [2.05, 4.69) is 33.6 Å². The van der Waals surface area contributed by atoms with Crippen LogP contribution < -0.4 is 0 Å². The Morgan fingerprint density at radius 1 is 1.29 bits per heavy atom. The summed E-state index contributed by atoms with van der Waals surface area (Å²) in [6.07, 6.45) is 2.43. The van der Waals surface area contributed by atoms with E-state index in [-0.39, 0.29) is 0 Å². The Morgan fingerprint density at radius 2 is 2.12 bits per heavy atom. The van der Waals surface area contributed by atoms with Gasteiger partial charge in [-0.2, -0.15) is 0 Å². The van der Waals surface area contributed by atoms with Crippen LogP contribution in [0.3, 0.4) is 0 Å². The summed E-state index contributed by atoms with van der Waals surface area (Å²) in [5.41, 5.74) is 1.01. The maximum absolute atomic E-state index is 4.58. The number of aryl methyl sites for hydroxylation is 2. The zero-order valence-electron chi connectivity index (χ0n) is 10.4. The second-order valence-electron chi connectivity index (χ2n) is 4.71. The van der Waals surface area contributed by atoms with E-state index in [0.717, 1.165) is 28.9 Å². The van der Waals surface area contributed by atoms with Crippen LogP contribution in [0.4, 0.5) is 0 Å². The summed E-state index contributed by atoms with van der Waals surface area (Å²) >= 11 is 1.73. The first kappa shape index (κ1) is 10.9. The Labute approximate surface area is 105 Å². The molecule has 2 aromatic heterocycles. The molecule has 3 heterocycles. The molecule has 0 aliphatic carbocycles. The average Bonchev–Trinajstić information content (AvgIpc) is 2.83. The van der Waals surface area contributed by atoms with E-state index < -0.39 is 0 Å². The molecule has 1 aliphatic heterocycles. The van der Waals surface area contributed by atoms with Crippen LogP contribution in [0.2, 0.25) is 0 Å². The van der Waals surface area contributed by atoms with Crippen molar-refractivity contribution in [3.63, 3.8) is 0 Å². The Balaban J connectivity index is 2.13. The molecule has 0 N–H and O–H groups in total. The maximum atomic E-state index is 4.58. The van der Waals surface area contributed by atoms with E-state index in [9.17, 15) is 0 Å². The molecule has 90 valence electrons. The second kappa shape index (κ2) is 3.91. The maximum Gasteiger partial charge on any atom is 0.183 e. The quantitative estimate of drug-likeness (QED) is 0.779. The van der Waals surface area contributed by atoms with Gasteiger partial charge in [-0.3, -0.25) is 0 Å². The molecule has 1 atom stereocenters. The molecular weight excluding hydrogens is 232 g/mol. The van der Waals surface area contributed by atoms with Crippen LogP contribution in [0, 0.1) is 13.8 Å². The lowest BCUT2D eigenvalue weighted by Gasteiger charge is -2.19. The van der Waals surface area contributed by atoms with Crippen LogP contribution in [0.5, 0.6) is 0 Å². The van der Waals surface area contributed by atoms with Crippen LogP contribution in [0.25, 0.3) is 11.5 Å². The van der Waals surface area contributed by atoms with Gasteiger partial charge in [-0.05, 0) is 26.7 Å². The van der Waals surface area contributed by atoms with Gasteiger partial charge in [0, 0.05) is 17.3 Å². The van der Waals surface area contributed by atoms with Crippen molar-refractivity contribution in [3.05, 3.63) is 15.7 Å². The smallest absolute Gasteiger partial charge is 0.183 e. The van der Waals surface area contributed by atoms with Gasteiger partial charge in [0.15, 0.2) is 5.82 Å². The van der Waals surface area contributed by atoms with E-state index >= 15 is 0 Å². The van der Waals surface area contributed by atoms with Crippen LogP contribution in [-0.2, 0) is 6.54 Å². The van der Waals surface area contributed by atoms with Crippen molar-refractivity contribution in [1.82, 2.24) is 19.7 Å².